The smallest absolute Gasteiger partial charge is 0.244 e. The average Bonchev–Trinajstić information content (AvgIpc) is 2.68. The van der Waals surface area contributed by atoms with Gasteiger partial charge < -0.3 is 5.11 Å². The largest absolute Gasteiger partial charge is 0.507 e. The highest BCUT2D eigenvalue weighted by Gasteiger charge is 2.22. The first kappa shape index (κ1) is 15.0. The number of phenolic OH excluding ortho intramolecular Hbond substituents is 1. The number of hydrogen-bond acceptors (Lipinski definition) is 4. The van der Waals surface area contributed by atoms with Crippen LogP contribution in [0, 0.1) is 13.8 Å². The van der Waals surface area contributed by atoms with Gasteiger partial charge in [0.1, 0.15) is 10.6 Å². The van der Waals surface area contributed by atoms with Gasteiger partial charge in [0.15, 0.2) is 0 Å². The summed E-state index contributed by atoms with van der Waals surface area (Å²) in [5.41, 5.74) is 0.964. The molecule has 6 heteroatoms. The standard InChI is InChI=1S/C14H17NO3S2/c1-9-8-12(11(3)19-9)10(2)15-20(17,18)14-7-5-4-6-13(14)16/h4-8,10,15-16H,1-3H3. The second kappa shape index (κ2) is 5.55. The second-order valence-electron chi connectivity index (χ2n) is 4.68. The molecule has 0 saturated heterocycles. The fourth-order valence-corrected chi connectivity index (χ4v) is 4.47. The third kappa shape index (κ3) is 3.03. The Kier molecular flexibility index (Phi) is 4.17. The first-order valence-corrected chi connectivity index (χ1v) is 8.48. The van der Waals surface area contributed by atoms with Gasteiger partial charge in [-0.25, -0.2) is 13.1 Å². The molecule has 0 radical (unpaired) electrons. The molecular formula is C14H17NO3S2. The molecule has 4 nitrogen and oxygen atoms in total. The van der Waals surface area contributed by atoms with Gasteiger partial charge in [0, 0.05) is 15.8 Å². The molecule has 1 aromatic heterocycles. The van der Waals surface area contributed by atoms with E-state index in [9.17, 15) is 13.5 Å². The van der Waals surface area contributed by atoms with Crippen molar-refractivity contribution in [1.29, 1.82) is 0 Å². The number of aromatic hydroxyl groups is 1. The van der Waals surface area contributed by atoms with Gasteiger partial charge in [-0.2, -0.15) is 0 Å². The van der Waals surface area contributed by atoms with Crippen LogP contribution in [0.15, 0.2) is 35.2 Å². The third-order valence-electron chi connectivity index (χ3n) is 3.03. The molecule has 0 saturated carbocycles. The minimum absolute atomic E-state index is 0.101. The highest BCUT2D eigenvalue weighted by atomic mass is 32.2. The molecule has 0 fully saturated rings. The zero-order chi connectivity index (χ0) is 14.9. The Labute approximate surface area is 123 Å². The van der Waals surface area contributed by atoms with E-state index in [1.54, 1.807) is 30.4 Å². The molecule has 0 spiro atoms. The van der Waals surface area contributed by atoms with Crippen LogP contribution < -0.4 is 4.72 Å². The van der Waals surface area contributed by atoms with E-state index in [2.05, 4.69) is 4.72 Å². The number of aryl methyl sites for hydroxylation is 2. The summed E-state index contributed by atoms with van der Waals surface area (Å²) >= 11 is 1.64. The van der Waals surface area contributed by atoms with Crippen molar-refractivity contribution in [2.75, 3.05) is 0 Å². The Morgan fingerprint density at radius 3 is 2.45 bits per heavy atom. The second-order valence-corrected chi connectivity index (χ2v) is 7.82. The van der Waals surface area contributed by atoms with Crippen molar-refractivity contribution in [1.82, 2.24) is 4.72 Å². The van der Waals surface area contributed by atoms with Gasteiger partial charge in [-0.15, -0.1) is 11.3 Å². The highest BCUT2D eigenvalue weighted by Crippen LogP contribution is 2.28. The summed E-state index contributed by atoms with van der Waals surface area (Å²) in [6.45, 7) is 5.76. The van der Waals surface area contributed by atoms with E-state index in [-0.39, 0.29) is 16.7 Å². The normalized spacial score (nSPS) is 13.3. The quantitative estimate of drug-likeness (QED) is 0.911. The van der Waals surface area contributed by atoms with Crippen LogP contribution >= 0.6 is 11.3 Å². The van der Waals surface area contributed by atoms with Crippen LogP contribution in [0.4, 0.5) is 0 Å². The molecule has 1 aromatic carbocycles. The summed E-state index contributed by atoms with van der Waals surface area (Å²) in [7, 11) is -3.74. The SMILES string of the molecule is Cc1cc(C(C)NS(=O)(=O)c2ccccc2O)c(C)s1. The van der Waals surface area contributed by atoms with Crippen molar-refractivity contribution in [3.63, 3.8) is 0 Å². The molecule has 2 rings (SSSR count). The summed E-state index contributed by atoms with van der Waals surface area (Å²) in [5, 5.41) is 9.67. The topological polar surface area (TPSA) is 66.4 Å². The summed E-state index contributed by atoms with van der Waals surface area (Å²) < 4.78 is 27.2. The minimum atomic E-state index is -3.74. The number of nitrogens with one attached hydrogen (secondary N) is 1. The van der Waals surface area contributed by atoms with E-state index in [1.165, 1.54) is 12.1 Å². The van der Waals surface area contributed by atoms with Crippen LogP contribution in [0.5, 0.6) is 5.75 Å². The van der Waals surface area contributed by atoms with Crippen LogP contribution in [-0.4, -0.2) is 13.5 Å². The highest BCUT2D eigenvalue weighted by molar-refractivity contribution is 7.89. The van der Waals surface area contributed by atoms with E-state index in [0.29, 0.717) is 0 Å². The van der Waals surface area contributed by atoms with Gasteiger partial charge in [-0.1, -0.05) is 12.1 Å². The number of benzene rings is 1. The number of sulfonamides is 1. The van der Waals surface area contributed by atoms with E-state index in [1.807, 2.05) is 19.9 Å². The van der Waals surface area contributed by atoms with Gasteiger partial charge in [0.05, 0.1) is 0 Å². The zero-order valence-electron chi connectivity index (χ0n) is 11.5. The van der Waals surface area contributed by atoms with Gasteiger partial charge in [0.25, 0.3) is 0 Å². The number of phenols is 1. The van der Waals surface area contributed by atoms with Crippen LogP contribution in [-0.2, 0) is 10.0 Å². The summed E-state index contributed by atoms with van der Waals surface area (Å²) in [6.07, 6.45) is 0. The molecular weight excluding hydrogens is 294 g/mol. The Hall–Kier alpha value is -1.37. The first-order valence-electron chi connectivity index (χ1n) is 6.18. The summed E-state index contributed by atoms with van der Waals surface area (Å²) in [4.78, 5) is 2.14. The fraction of sp³-hybridized carbons (Fsp3) is 0.286. The third-order valence-corrected chi connectivity index (χ3v) is 5.60. The van der Waals surface area contributed by atoms with Gasteiger partial charge in [-0.05, 0) is 44.5 Å². The van der Waals surface area contributed by atoms with Crippen LogP contribution in [0.1, 0.15) is 28.3 Å². The Balaban J connectivity index is 2.29. The number of rotatable bonds is 4. The molecule has 108 valence electrons. The average molecular weight is 311 g/mol. The predicted molar refractivity (Wildman–Crippen MR) is 80.6 cm³/mol. The van der Waals surface area contributed by atoms with Crippen LogP contribution in [0.2, 0.25) is 0 Å². The van der Waals surface area contributed by atoms with E-state index in [4.69, 9.17) is 0 Å². The number of thiophene rings is 1. The Morgan fingerprint density at radius 1 is 1.25 bits per heavy atom. The molecule has 20 heavy (non-hydrogen) atoms. The maximum atomic E-state index is 12.3. The van der Waals surface area contributed by atoms with Gasteiger partial charge >= 0.3 is 0 Å². The molecule has 1 heterocycles. The first-order chi connectivity index (χ1) is 9.31. The van der Waals surface area contributed by atoms with Crippen LogP contribution in [0.25, 0.3) is 0 Å². The minimum Gasteiger partial charge on any atom is -0.507 e. The monoisotopic (exact) mass is 311 g/mol. The van der Waals surface area contributed by atoms with Crippen molar-refractivity contribution in [3.8, 4) is 5.75 Å². The van der Waals surface area contributed by atoms with Crippen molar-refractivity contribution >= 4 is 21.4 Å². The van der Waals surface area contributed by atoms with E-state index >= 15 is 0 Å². The maximum absolute atomic E-state index is 12.3. The van der Waals surface area contributed by atoms with Gasteiger partial charge in [-0.3, -0.25) is 0 Å². The zero-order valence-corrected chi connectivity index (χ0v) is 13.2. The summed E-state index contributed by atoms with van der Waals surface area (Å²) in [6, 6.07) is 7.56. The van der Waals surface area contributed by atoms with Crippen molar-refractivity contribution in [2.24, 2.45) is 0 Å². The number of hydrogen-bond donors (Lipinski definition) is 2. The lowest BCUT2D eigenvalue weighted by Crippen LogP contribution is -2.27. The number of para-hydroxylation sites is 1. The molecule has 0 amide bonds. The molecule has 0 aliphatic heterocycles. The molecule has 2 N–H and O–H groups in total. The fourth-order valence-electron chi connectivity index (χ4n) is 2.12. The maximum Gasteiger partial charge on any atom is 0.244 e. The molecule has 1 unspecified atom stereocenters. The van der Waals surface area contributed by atoms with Gasteiger partial charge in [0.2, 0.25) is 10.0 Å². The molecule has 1 atom stereocenters. The Morgan fingerprint density at radius 2 is 1.90 bits per heavy atom. The van der Waals surface area contributed by atoms with Crippen molar-refractivity contribution in [3.05, 3.63) is 45.6 Å². The summed E-state index contributed by atoms with van der Waals surface area (Å²) in [5.74, 6) is -0.245. The van der Waals surface area contributed by atoms with E-state index in [0.717, 1.165) is 15.3 Å². The van der Waals surface area contributed by atoms with Crippen LogP contribution in [0.3, 0.4) is 0 Å². The lowest BCUT2D eigenvalue weighted by Gasteiger charge is -2.15. The van der Waals surface area contributed by atoms with E-state index < -0.39 is 10.0 Å². The lowest BCUT2D eigenvalue weighted by atomic mass is 10.1. The Bertz CT molecular complexity index is 720. The molecule has 0 bridgehead atoms. The predicted octanol–water partition coefficient (Wildman–Crippen LogP) is 3.11. The lowest BCUT2D eigenvalue weighted by molar-refractivity contribution is 0.457. The molecule has 0 aliphatic rings. The molecule has 0 aliphatic carbocycles. The van der Waals surface area contributed by atoms with Crippen molar-refractivity contribution < 1.29 is 13.5 Å². The van der Waals surface area contributed by atoms with Crippen molar-refractivity contribution in [2.45, 2.75) is 31.7 Å². The molecule has 2 aromatic rings.